The lowest BCUT2D eigenvalue weighted by atomic mass is 10.2. The Hall–Kier alpha value is -2.10. The number of nitrogens with one attached hydrogen (secondary N) is 1. The van der Waals surface area contributed by atoms with E-state index in [1.54, 1.807) is 19.1 Å². The van der Waals surface area contributed by atoms with Crippen LogP contribution in [0.5, 0.6) is 0 Å². The summed E-state index contributed by atoms with van der Waals surface area (Å²) < 4.78 is 0. The van der Waals surface area contributed by atoms with Crippen molar-refractivity contribution in [1.29, 1.82) is 0 Å². The van der Waals surface area contributed by atoms with E-state index in [-0.39, 0.29) is 11.0 Å². The predicted octanol–water partition coefficient (Wildman–Crippen LogP) is -0.759. The highest BCUT2D eigenvalue weighted by atomic mass is 16.2. The zero-order chi connectivity index (χ0) is 11.4. The first-order chi connectivity index (χ1) is 7.11. The predicted molar refractivity (Wildman–Crippen MR) is 59.6 cm³/mol. The van der Waals surface area contributed by atoms with Gasteiger partial charge in [0.05, 0.1) is 0 Å². The molecule has 0 bridgehead atoms. The van der Waals surface area contributed by atoms with E-state index in [1.807, 2.05) is 0 Å². The maximum Gasteiger partial charge on any atom is 0.254 e. The maximum atomic E-state index is 11.8. The monoisotopic (exact) mass is 204 g/mol. The molecule has 0 saturated carbocycles. The van der Waals surface area contributed by atoms with Gasteiger partial charge in [-0.1, -0.05) is 18.7 Å². The van der Waals surface area contributed by atoms with E-state index in [1.165, 1.54) is 12.3 Å². The SMILES string of the molecule is C=C/C=c1/c(=O)c(C(N)=O)c[nH]/c1=C/C. The fourth-order valence-electron chi connectivity index (χ4n) is 1.27. The molecule has 0 aliphatic rings. The van der Waals surface area contributed by atoms with Crippen LogP contribution in [-0.2, 0) is 0 Å². The van der Waals surface area contributed by atoms with Crippen LogP contribution >= 0.6 is 0 Å². The van der Waals surface area contributed by atoms with Crippen molar-refractivity contribution in [2.75, 3.05) is 0 Å². The number of hydrogen-bond acceptors (Lipinski definition) is 2. The number of carbonyl (C=O) groups excluding carboxylic acids is 1. The molecular formula is C11H12N2O2. The molecule has 1 heterocycles. The Morgan fingerprint density at radius 1 is 1.60 bits per heavy atom. The van der Waals surface area contributed by atoms with Crippen molar-refractivity contribution in [1.82, 2.24) is 4.98 Å². The molecule has 78 valence electrons. The first-order valence-corrected chi connectivity index (χ1v) is 4.42. The Morgan fingerprint density at radius 3 is 2.73 bits per heavy atom. The summed E-state index contributed by atoms with van der Waals surface area (Å²) in [6.45, 7) is 5.30. The van der Waals surface area contributed by atoms with Crippen LogP contribution in [0.2, 0.25) is 0 Å². The minimum atomic E-state index is -0.738. The van der Waals surface area contributed by atoms with Crippen molar-refractivity contribution in [3.63, 3.8) is 0 Å². The van der Waals surface area contributed by atoms with Crippen molar-refractivity contribution >= 4 is 18.1 Å². The second-order valence-corrected chi connectivity index (χ2v) is 2.91. The molecule has 0 aromatic carbocycles. The maximum absolute atomic E-state index is 11.8. The molecule has 0 aliphatic heterocycles. The molecule has 15 heavy (non-hydrogen) atoms. The van der Waals surface area contributed by atoms with E-state index in [4.69, 9.17) is 5.73 Å². The Labute approximate surface area is 86.4 Å². The summed E-state index contributed by atoms with van der Waals surface area (Å²) >= 11 is 0. The summed E-state index contributed by atoms with van der Waals surface area (Å²) in [6.07, 6.45) is 6.09. The highest BCUT2D eigenvalue weighted by molar-refractivity contribution is 5.92. The average molecular weight is 204 g/mol. The number of carbonyl (C=O) groups is 1. The van der Waals surface area contributed by atoms with E-state index >= 15 is 0 Å². The number of rotatable bonds is 2. The number of aromatic amines is 1. The summed E-state index contributed by atoms with van der Waals surface area (Å²) in [7, 11) is 0. The summed E-state index contributed by atoms with van der Waals surface area (Å²) in [4.78, 5) is 25.5. The van der Waals surface area contributed by atoms with E-state index in [0.29, 0.717) is 10.6 Å². The van der Waals surface area contributed by atoms with Gasteiger partial charge in [0.15, 0.2) is 0 Å². The zero-order valence-electron chi connectivity index (χ0n) is 8.41. The molecule has 1 aromatic rings. The van der Waals surface area contributed by atoms with Gasteiger partial charge in [-0.2, -0.15) is 0 Å². The standard InChI is InChI=1S/C11H12N2O2/c1-3-5-7-9(4-2)13-6-8(10(7)14)11(12)15/h3-6,13H,1H2,2H3,(H2,12,15)/b7-5+,9-4+. The zero-order valence-corrected chi connectivity index (χ0v) is 8.41. The van der Waals surface area contributed by atoms with Crippen LogP contribution in [0, 0.1) is 0 Å². The molecule has 1 aromatic heterocycles. The summed E-state index contributed by atoms with van der Waals surface area (Å²) in [6, 6.07) is 0. The van der Waals surface area contributed by atoms with Gasteiger partial charge in [0.2, 0.25) is 5.43 Å². The molecule has 4 nitrogen and oxygen atoms in total. The molecule has 1 amide bonds. The Kier molecular flexibility index (Phi) is 3.23. The molecule has 0 fully saturated rings. The number of aromatic nitrogens is 1. The van der Waals surface area contributed by atoms with Crippen molar-refractivity contribution in [3.8, 4) is 0 Å². The Balaban J connectivity index is 3.82. The third-order valence-electron chi connectivity index (χ3n) is 1.99. The van der Waals surface area contributed by atoms with Gasteiger partial charge >= 0.3 is 0 Å². The Morgan fingerprint density at radius 2 is 2.27 bits per heavy atom. The number of H-pyrrole nitrogens is 1. The van der Waals surface area contributed by atoms with Gasteiger partial charge in [0.1, 0.15) is 5.56 Å². The van der Waals surface area contributed by atoms with Crippen LogP contribution in [0.3, 0.4) is 0 Å². The van der Waals surface area contributed by atoms with Crippen molar-refractivity contribution < 1.29 is 4.79 Å². The topological polar surface area (TPSA) is 76.0 Å². The lowest BCUT2D eigenvalue weighted by Gasteiger charge is -1.95. The van der Waals surface area contributed by atoms with E-state index < -0.39 is 5.91 Å². The van der Waals surface area contributed by atoms with Crippen LogP contribution in [0.25, 0.3) is 12.2 Å². The number of amides is 1. The van der Waals surface area contributed by atoms with Gasteiger partial charge in [-0.15, -0.1) is 0 Å². The number of primary amides is 1. The van der Waals surface area contributed by atoms with Crippen LogP contribution in [0.15, 0.2) is 23.6 Å². The van der Waals surface area contributed by atoms with Crippen LogP contribution in [0.1, 0.15) is 17.3 Å². The molecule has 3 N–H and O–H groups in total. The van der Waals surface area contributed by atoms with Crippen molar-refractivity contribution in [2.45, 2.75) is 6.92 Å². The number of nitrogens with two attached hydrogens (primary N) is 1. The van der Waals surface area contributed by atoms with Gasteiger partial charge in [-0.25, -0.2) is 0 Å². The second kappa shape index (κ2) is 4.41. The van der Waals surface area contributed by atoms with Crippen molar-refractivity contribution in [2.24, 2.45) is 5.73 Å². The van der Waals surface area contributed by atoms with Crippen LogP contribution in [0.4, 0.5) is 0 Å². The third-order valence-corrected chi connectivity index (χ3v) is 1.99. The van der Waals surface area contributed by atoms with Crippen molar-refractivity contribution in [3.05, 3.63) is 45.2 Å². The quantitative estimate of drug-likeness (QED) is 0.664. The van der Waals surface area contributed by atoms with E-state index in [0.717, 1.165) is 0 Å². The second-order valence-electron chi connectivity index (χ2n) is 2.91. The molecule has 0 saturated heterocycles. The number of allylic oxidation sites excluding steroid dienone is 1. The molecule has 4 heteroatoms. The first-order valence-electron chi connectivity index (χ1n) is 4.42. The minimum absolute atomic E-state index is 0.0475. The lowest BCUT2D eigenvalue weighted by Crippen LogP contribution is -2.44. The molecule has 0 radical (unpaired) electrons. The minimum Gasteiger partial charge on any atom is -0.365 e. The summed E-state index contributed by atoms with van der Waals surface area (Å²) in [5.74, 6) is -0.738. The largest absolute Gasteiger partial charge is 0.365 e. The van der Waals surface area contributed by atoms with E-state index in [2.05, 4.69) is 11.6 Å². The fraction of sp³-hybridized carbons (Fsp3) is 0.0909. The van der Waals surface area contributed by atoms with Crippen LogP contribution in [-0.4, -0.2) is 10.9 Å². The lowest BCUT2D eigenvalue weighted by molar-refractivity contribution is 0.0999. The molecule has 0 spiro atoms. The number of pyridine rings is 1. The molecule has 0 atom stereocenters. The molecule has 1 rings (SSSR count). The normalized spacial score (nSPS) is 12.9. The first kappa shape index (κ1) is 11.0. The Bertz CT molecular complexity index is 567. The molecular weight excluding hydrogens is 192 g/mol. The molecule has 0 aliphatic carbocycles. The van der Waals surface area contributed by atoms with Crippen LogP contribution < -0.4 is 21.7 Å². The van der Waals surface area contributed by atoms with Gasteiger partial charge in [-0.05, 0) is 13.0 Å². The number of hydrogen-bond donors (Lipinski definition) is 2. The smallest absolute Gasteiger partial charge is 0.254 e. The van der Waals surface area contributed by atoms with Gasteiger partial charge in [-0.3, -0.25) is 9.59 Å². The molecule has 0 unspecified atom stereocenters. The van der Waals surface area contributed by atoms with E-state index in [9.17, 15) is 9.59 Å². The highest BCUT2D eigenvalue weighted by Gasteiger charge is 2.06. The van der Waals surface area contributed by atoms with Gasteiger partial charge in [0, 0.05) is 16.8 Å². The fourth-order valence-corrected chi connectivity index (χ4v) is 1.27. The highest BCUT2D eigenvalue weighted by Crippen LogP contribution is 1.79. The summed E-state index contributed by atoms with van der Waals surface area (Å²) in [5.41, 5.74) is 4.63. The van der Waals surface area contributed by atoms with Gasteiger partial charge in [0.25, 0.3) is 5.91 Å². The average Bonchev–Trinajstić information content (AvgIpc) is 2.20. The third kappa shape index (κ3) is 2.04. The summed E-state index contributed by atoms with van der Waals surface area (Å²) in [5, 5.41) is 1.04. The van der Waals surface area contributed by atoms with Gasteiger partial charge < -0.3 is 10.7 Å².